The van der Waals surface area contributed by atoms with Gasteiger partial charge in [0.1, 0.15) is 0 Å². The molecule has 0 saturated heterocycles. The number of nitrogens with two attached hydrogens (primary N) is 1. The lowest BCUT2D eigenvalue weighted by atomic mass is 9.76. The zero-order chi connectivity index (χ0) is 13.6. The van der Waals surface area contributed by atoms with Gasteiger partial charge in [0.2, 0.25) is 0 Å². The molecule has 2 heteroatoms. The molecule has 1 aliphatic rings. The van der Waals surface area contributed by atoms with Crippen molar-refractivity contribution in [3.8, 4) is 0 Å². The Bertz CT molecular complexity index is 263. The van der Waals surface area contributed by atoms with Crippen LogP contribution in [0.4, 0.5) is 0 Å². The maximum atomic E-state index is 5.74. The van der Waals surface area contributed by atoms with E-state index in [-0.39, 0.29) is 0 Å². The van der Waals surface area contributed by atoms with Crippen molar-refractivity contribution in [3.05, 3.63) is 11.6 Å². The molecule has 2 nitrogen and oxygen atoms in total. The van der Waals surface area contributed by atoms with Crippen LogP contribution in [-0.2, 0) is 0 Å². The average Bonchev–Trinajstić information content (AvgIpc) is 2.27. The molecule has 1 aliphatic heterocycles. The highest BCUT2D eigenvalue weighted by Crippen LogP contribution is 2.32. The predicted molar refractivity (Wildman–Crippen MR) is 80.7 cm³/mol. The molecule has 106 valence electrons. The first kappa shape index (κ1) is 15.7. The van der Waals surface area contributed by atoms with Gasteiger partial charge < -0.3 is 5.73 Å². The van der Waals surface area contributed by atoms with E-state index in [1.54, 1.807) is 0 Å². The fourth-order valence-corrected chi connectivity index (χ4v) is 2.95. The molecule has 0 fully saturated rings. The Kier molecular flexibility index (Phi) is 6.37. The molecule has 18 heavy (non-hydrogen) atoms. The Morgan fingerprint density at radius 1 is 1.33 bits per heavy atom. The lowest BCUT2D eigenvalue weighted by Gasteiger charge is -2.32. The van der Waals surface area contributed by atoms with Crippen LogP contribution in [0, 0.1) is 11.3 Å². The first-order chi connectivity index (χ1) is 8.43. The van der Waals surface area contributed by atoms with Crippen molar-refractivity contribution in [2.45, 2.75) is 53.4 Å². The molecule has 0 aliphatic carbocycles. The van der Waals surface area contributed by atoms with E-state index in [1.807, 2.05) is 0 Å². The molecule has 0 spiro atoms. The quantitative estimate of drug-likeness (QED) is 0.734. The van der Waals surface area contributed by atoms with Crippen LogP contribution in [0.1, 0.15) is 53.4 Å². The van der Waals surface area contributed by atoms with Gasteiger partial charge in [-0.05, 0) is 57.0 Å². The molecule has 1 heterocycles. The van der Waals surface area contributed by atoms with Crippen LogP contribution < -0.4 is 5.73 Å². The monoisotopic (exact) mass is 252 g/mol. The van der Waals surface area contributed by atoms with Crippen LogP contribution >= 0.6 is 0 Å². The number of hydrogen-bond donors (Lipinski definition) is 1. The van der Waals surface area contributed by atoms with Crippen molar-refractivity contribution in [2.75, 3.05) is 26.2 Å². The van der Waals surface area contributed by atoms with Gasteiger partial charge in [-0.15, -0.1) is 0 Å². The van der Waals surface area contributed by atoms with E-state index in [9.17, 15) is 0 Å². The van der Waals surface area contributed by atoms with E-state index >= 15 is 0 Å². The Balaban J connectivity index is 2.28. The zero-order valence-electron chi connectivity index (χ0n) is 12.8. The largest absolute Gasteiger partial charge is 0.330 e. The van der Waals surface area contributed by atoms with Gasteiger partial charge in [-0.2, -0.15) is 0 Å². The predicted octanol–water partition coefficient (Wildman–Crippen LogP) is 3.43. The SMILES string of the molecule is CC1=CCCN(CCCC(CCN)C(C)(C)C)C1. The molecular formula is C16H32N2. The first-order valence-electron chi connectivity index (χ1n) is 7.51. The third-order valence-electron chi connectivity index (χ3n) is 4.18. The van der Waals surface area contributed by atoms with E-state index in [2.05, 4.69) is 38.7 Å². The van der Waals surface area contributed by atoms with Gasteiger partial charge >= 0.3 is 0 Å². The highest BCUT2D eigenvalue weighted by Gasteiger charge is 2.23. The standard InChI is InChI=1S/C16H32N2/c1-14-7-5-11-18(13-14)12-6-8-15(9-10-17)16(2,3)4/h7,15H,5-6,8-13,17H2,1-4H3. The second kappa shape index (κ2) is 7.30. The van der Waals surface area contributed by atoms with Crippen molar-refractivity contribution in [1.29, 1.82) is 0 Å². The van der Waals surface area contributed by atoms with Crippen LogP contribution in [0.15, 0.2) is 11.6 Å². The van der Waals surface area contributed by atoms with Gasteiger partial charge in [-0.1, -0.05) is 32.4 Å². The average molecular weight is 252 g/mol. The van der Waals surface area contributed by atoms with Crippen molar-refractivity contribution >= 4 is 0 Å². The highest BCUT2D eigenvalue weighted by atomic mass is 15.1. The van der Waals surface area contributed by atoms with Crippen LogP contribution in [0.2, 0.25) is 0 Å². The van der Waals surface area contributed by atoms with Gasteiger partial charge in [0.05, 0.1) is 0 Å². The minimum atomic E-state index is 0.400. The summed E-state index contributed by atoms with van der Waals surface area (Å²) in [6.45, 7) is 13.8. The Labute approximate surface area is 114 Å². The summed E-state index contributed by atoms with van der Waals surface area (Å²) in [5.41, 5.74) is 7.68. The van der Waals surface area contributed by atoms with E-state index in [0.29, 0.717) is 5.41 Å². The molecule has 0 aromatic heterocycles. The van der Waals surface area contributed by atoms with Crippen molar-refractivity contribution in [2.24, 2.45) is 17.1 Å². The summed E-state index contributed by atoms with van der Waals surface area (Å²) in [7, 11) is 0. The molecule has 0 aromatic carbocycles. The normalized spacial score (nSPS) is 19.7. The first-order valence-corrected chi connectivity index (χ1v) is 7.51. The fourth-order valence-electron chi connectivity index (χ4n) is 2.95. The third kappa shape index (κ3) is 5.53. The van der Waals surface area contributed by atoms with Crippen LogP contribution in [0.25, 0.3) is 0 Å². The van der Waals surface area contributed by atoms with E-state index in [4.69, 9.17) is 5.73 Å². The maximum absolute atomic E-state index is 5.74. The van der Waals surface area contributed by atoms with Crippen LogP contribution in [0.5, 0.6) is 0 Å². The number of hydrogen-bond acceptors (Lipinski definition) is 2. The number of rotatable bonds is 6. The summed E-state index contributed by atoms with van der Waals surface area (Å²) in [4.78, 5) is 2.59. The molecule has 0 bridgehead atoms. The summed E-state index contributed by atoms with van der Waals surface area (Å²) >= 11 is 0. The van der Waals surface area contributed by atoms with Crippen molar-refractivity contribution in [3.63, 3.8) is 0 Å². The van der Waals surface area contributed by atoms with Gasteiger partial charge in [-0.25, -0.2) is 0 Å². The Morgan fingerprint density at radius 3 is 2.61 bits per heavy atom. The molecule has 2 N–H and O–H groups in total. The summed E-state index contributed by atoms with van der Waals surface area (Å²) in [5.74, 6) is 0.768. The lowest BCUT2D eigenvalue weighted by Crippen LogP contribution is -2.31. The smallest absolute Gasteiger partial charge is 0.0190 e. The number of nitrogens with zero attached hydrogens (tertiary/aromatic N) is 1. The van der Waals surface area contributed by atoms with E-state index in [1.165, 1.54) is 50.9 Å². The third-order valence-corrected chi connectivity index (χ3v) is 4.18. The summed E-state index contributed by atoms with van der Waals surface area (Å²) in [5, 5.41) is 0. The van der Waals surface area contributed by atoms with Gasteiger partial charge in [0.25, 0.3) is 0 Å². The molecule has 1 unspecified atom stereocenters. The highest BCUT2D eigenvalue weighted by molar-refractivity contribution is 5.04. The molecule has 0 radical (unpaired) electrons. The fraction of sp³-hybridized carbons (Fsp3) is 0.875. The maximum Gasteiger partial charge on any atom is 0.0190 e. The molecular weight excluding hydrogens is 220 g/mol. The Hall–Kier alpha value is -0.340. The second-order valence-corrected chi connectivity index (χ2v) is 6.90. The summed E-state index contributed by atoms with van der Waals surface area (Å²) in [6, 6.07) is 0. The molecule has 0 aromatic rings. The topological polar surface area (TPSA) is 29.3 Å². The van der Waals surface area contributed by atoms with Gasteiger partial charge in [0.15, 0.2) is 0 Å². The molecule has 1 atom stereocenters. The lowest BCUT2D eigenvalue weighted by molar-refractivity contribution is 0.195. The van der Waals surface area contributed by atoms with Gasteiger partial charge in [-0.3, -0.25) is 4.90 Å². The summed E-state index contributed by atoms with van der Waals surface area (Å²) in [6.07, 6.45) is 7.41. The van der Waals surface area contributed by atoms with Crippen LogP contribution in [-0.4, -0.2) is 31.1 Å². The zero-order valence-corrected chi connectivity index (χ0v) is 12.8. The van der Waals surface area contributed by atoms with Crippen molar-refractivity contribution < 1.29 is 0 Å². The minimum Gasteiger partial charge on any atom is -0.330 e. The molecule has 1 rings (SSSR count). The Morgan fingerprint density at radius 2 is 2.06 bits per heavy atom. The van der Waals surface area contributed by atoms with E-state index in [0.717, 1.165) is 12.5 Å². The second-order valence-electron chi connectivity index (χ2n) is 6.90. The molecule has 0 amide bonds. The minimum absolute atomic E-state index is 0.400. The van der Waals surface area contributed by atoms with Crippen molar-refractivity contribution in [1.82, 2.24) is 4.90 Å². The van der Waals surface area contributed by atoms with E-state index < -0.39 is 0 Å². The van der Waals surface area contributed by atoms with Crippen LogP contribution in [0.3, 0.4) is 0 Å². The molecule has 0 saturated carbocycles. The van der Waals surface area contributed by atoms with Gasteiger partial charge in [0, 0.05) is 13.1 Å². The summed E-state index contributed by atoms with van der Waals surface area (Å²) < 4.78 is 0.